The maximum absolute atomic E-state index is 12.3. The second kappa shape index (κ2) is 7.68. The Labute approximate surface area is 147 Å². The summed E-state index contributed by atoms with van der Waals surface area (Å²) in [5.41, 5.74) is 0.933. The molecule has 2 amide bonds. The van der Waals surface area contributed by atoms with Gasteiger partial charge >= 0.3 is 5.97 Å². The molecule has 0 radical (unpaired) electrons. The van der Waals surface area contributed by atoms with Crippen molar-refractivity contribution in [3.63, 3.8) is 0 Å². The molecule has 1 heterocycles. The molecule has 1 aliphatic carbocycles. The van der Waals surface area contributed by atoms with Crippen molar-refractivity contribution in [2.45, 2.75) is 25.7 Å². The van der Waals surface area contributed by atoms with E-state index in [1.807, 2.05) is 30.3 Å². The highest BCUT2D eigenvalue weighted by Crippen LogP contribution is 2.44. The van der Waals surface area contributed by atoms with Gasteiger partial charge in [-0.15, -0.1) is 0 Å². The number of benzene rings is 1. The number of nitrogens with zero attached hydrogens (tertiary/aromatic N) is 1. The molecule has 25 heavy (non-hydrogen) atoms. The van der Waals surface area contributed by atoms with Gasteiger partial charge in [-0.3, -0.25) is 14.4 Å². The van der Waals surface area contributed by atoms with Crippen LogP contribution in [0.4, 0.5) is 0 Å². The first-order valence-electron chi connectivity index (χ1n) is 8.86. The van der Waals surface area contributed by atoms with Crippen molar-refractivity contribution < 1.29 is 19.5 Å². The molecule has 0 spiro atoms. The van der Waals surface area contributed by atoms with Crippen molar-refractivity contribution >= 4 is 17.8 Å². The summed E-state index contributed by atoms with van der Waals surface area (Å²) >= 11 is 0. The van der Waals surface area contributed by atoms with E-state index in [4.69, 9.17) is 0 Å². The van der Waals surface area contributed by atoms with Crippen LogP contribution in [0, 0.1) is 17.8 Å². The molecule has 6 heteroatoms. The third kappa shape index (κ3) is 4.59. The van der Waals surface area contributed by atoms with E-state index in [2.05, 4.69) is 5.32 Å². The van der Waals surface area contributed by atoms with Gasteiger partial charge in [0.1, 0.15) is 0 Å². The quantitative estimate of drug-likeness (QED) is 0.781. The lowest BCUT2D eigenvalue weighted by Gasteiger charge is -2.16. The molecule has 0 aromatic heterocycles. The summed E-state index contributed by atoms with van der Waals surface area (Å²) < 4.78 is 0. The van der Waals surface area contributed by atoms with E-state index in [1.54, 1.807) is 4.90 Å². The first-order chi connectivity index (χ1) is 12.0. The lowest BCUT2D eigenvalue weighted by Crippen LogP contribution is -2.34. The van der Waals surface area contributed by atoms with Crippen LogP contribution in [0.15, 0.2) is 30.3 Å². The molecule has 134 valence electrons. The van der Waals surface area contributed by atoms with Crippen molar-refractivity contribution in [2.24, 2.45) is 17.8 Å². The normalized spacial score (nSPS) is 22.6. The van der Waals surface area contributed by atoms with Crippen LogP contribution in [-0.2, 0) is 20.8 Å². The largest absolute Gasteiger partial charge is 0.481 e. The first-order valence-corrected chi connectivity index (χ1v) is 8.86. The van der Waals surface area contributed by atoms with Gasteiger partial charge in [0.15, 0.2) is 0 Å². The summed E-state index contributed by atoms with van der Waals surface area (Å²) in [4.78, 5) is 37.3. The van der Waals surface area contributed by atoms with E-state index in [0.717, 1.165) is 18.4 Å². The van der Waals surface area contributed by atoms with Gasteiger partial charge in [-0.05, 0) is 30.2 Å². The Morgan fingerprint density at radius 3 is 2.48 bits per heavy atom. The van der Waals surface area contributed by atoms with Gasteiger partial charge in [-0.1, -0.05) is 30.3 Å². The topological polar surface area (TPSA) is 86.7 Å². The highest BCUT2D eigenvalue weighted by atomic mass is 16.4. The molecule has 0 bridgehead atoms. The zero-order valence-electron chi connectivity index (χ0n) is 14.2. The summed E-state index contributed by atoms with van der Waals surface area (Å²) in [5, 5.41) is 12.1. The zero-order valence-corrected chi connectivity index (χ0v) is 14.2. The van der Waals surface area contributed by atoms with Crippen molar-refractivity contribution in [3.05, 3.63) is 35.9 Å². The molecular formula is C19H24N2O4. The molecule has 1 aromatic carbocycles. The smallest absolute Gasteiger partial charge is 0.308 e. The van der Waals surface area contributed by atoms with Crippen molar-refractivity contribution in [3.8, 4) is 0 Å². The fourth-order valence-corrected chi connectivity index (χ4v) is 3.61. The van der Waals surface area contributed by atoms with E-state index >= 15 is 0 Å². The minimum Gasteiger partial charge on any atom is -0.481 e. The Balaban J connectivity index is 1.42. The van der Waals surface area contributed by atoms with Crippen LogP contribution in [-0.4, -0.2) is 47.4 Å². The number of carboxylic acids is 1. The number of amides is 2. The standard InChI is InChI=1S/C19H24N2O4/c22-17(10-13-4-2-1-3-5-13)20-9-8-18(23)21-11-15(14-6-7-14)16(12-21)19(24)25/h1-5,14-16H,6-12H2,(H,20,22)(H,24,25)/t15-,16+/m1/s1. The van der Waals surface area contributed by atoms with Gasteiger partial charge < -0.3 is 15.3 Å². The minimum atomic E-state index is -0.802. The van der Waals surface area contributed by atoms with Gasteiger partial charge in [-0.25, -0.2) is 0 Å². The third-order valence-corrected chi connectivity index (χ3v) is 5.13. The van der Waals surface area contributed by atoms with Crippen molar-refractivity contribution in [1.82, 2.24) is 10.2 Å². The number of hydrogen-bond acceptors (Lipinski definition) is 3. The van der Waals surface area contributed by atoms with Crippen LogP contribution in [0.2, 0.25) is 0 Å². The monoisotopic (exact) mass is 344 g/mol. The van der Waals surface area contributed by atoms with Gasteiger partial charge in [0.2, 0.25) is 11.8 Å². The van der Waals surface area contributed by atoms with Gasteiger partial charge in [0.25, 0.3) is 0 Å². The number of carbonyl (C=O) groups is 3. The van der Waals surface area contributed by atoms with E-state index in [9.17, 15) is 19.5 Å². The number of nitrogens with one attached hydrogen (secondary N) is 1. The molecule has 6 nitrogen and oxygen atoms in total. The van der Waals surface area contributed by atoms with Crippen LogP contribution in [0.1, 0.15) is 24.8 Å². The summed E-state index contributed by atoms with van der Waals surface area (Å²) in [5.74, 6) is -0.875. The SMILES string of the molecule is O=C(Cc1ccccc1)NCCC(=O)N1C[C@H](C(=O)O)[C@@H](C2CC2)C1. The number of rotatable bonds is 7. The van der Waals surface area contributed by atoms with E-state index in [-0.39, 0.29) is 30.7 Å². The summed E-state index contributed by atoms with van der Waals surface area (Å²) in [7, 11) is 0. The maximum atomic E-state index is 12.3. The minimum absolute atomic E-state index is 0.0746. The lowest BCUT2D eigenvalue weighted by molar-refractivity contribution is -0.142. The number of hydrogen-bond donors (Lipinski definition) is 2. The van der Waals surface area contributed by atoms with E-state index in [1.165, 1.54) is 0 Å². The summed E-state index contributed by atoms with van der Waals surface area (Å²) in [6.45, 7) is 1.12. The fraction of sp³-hybridized carbons (Fsp3) is 0.526. The Bertz CT molecular complexity index is 642. The molecule has 1 saturated heterocycles. The number of likely N-dealkylation sites (tertiary alicyclic amines) is 1. The molecule has 2 aliphatic rings. The Kier molecular flexibility index (Phi) is 5.36. The highest BCUT2D eigenvalue weighted by molar-refractivity contribution is 5.81. The van der Waals surface area contributed by atoms with E-state index < -0.39 is 11.9 Å². The van der Waals surface area contributed by atoms with E-state index in [0.29, 0.717) is 25.4 Å². The predicted molar refractivity (Wildman–Crippen MR) is 91.7 cm³/mol. The van der Waals surface area contributed by atoms with Crippen LogP contribution >= 0.6 is 0 Å². The zero-order chi connectivity index (χ0) is 17.8. The van der Waals surface area contributed by atoms with Gasteiger partial charge in [0.05, 0.1) is 12.3 Å². The molecule has 0 unspecified atom stereocenters. The molecule has 1 aromatic rings. The Morgan fingerprint density at radius 2 is 1.84 bits per heavy atom. The van der Waals surface area contributed by atoms with Crippen molar-refractivity contribution in [1.29, 1.82) is 0 Å². The number of carbonyl (C=O) groups excluding carboxylic acids is 2. The molecule has 3 rings (SSSR count). The van der Waals surface area contributed by atoms with Crippen LogP contribution < -0.4 is 5.32 Å². The average molecular weight is 344 g/mol. The number of carboxylic acid groups (broad SMARTS) is 1. The van der Waals surface area contributed by atoms with Gasteiger partial charge in [-0.2, -0.15) is 0 Å². The average Bonchev–Trinajstić information content (AvgIpc) is 3.33. The molecule has 2 atom stereocenters. The molecule has 2 fully saturated rings. The van der Waals surface area contributed by atoms with Gasteiger partial charge in [0, 0.05) is 26.1 Å². The predicted octanol–water partition coefficient (Wildman–Crippen LogP) is 1.30. The first kappa shape index (κ1) is 17.5. The fourth-order valence-electron chi connectivity index (χ4n) is 3.61. The molecule has 2 N–H and O–H groups in total. The van der Waals surface area contributed by atoms with Crippen LogP contribution in [0.5, 0.6) is 0 Å². The second-order valence-electron chi connectivity index (χ2n) is 7.01. The van der Waals surface area contributed by atoms with Crippen molar-refractivity contribution in [2.75, 3.05) is 19.6 Å². The third-order valence-electron chi connectivity index (χ3n) is 5.13. The van der Waals surface area contributed by atoms with Crippen LogP contribution in [0.3, 0.4) is 0 Å². The molecule has 1 aliphatic heterocycles. The highest BCUT2D eigenvalue weighted by Gasteiger charge is 2.46. The molecule has 1 saturated carbocycles. The summed E-state index contributed by atoms with van der Waals surface area (Å²) in [6, 6.07) is 9.44. The Hall–Kier alpha value is -2.37. The lowest BCUT2D eigenvalue weighted by atomic mass is 9.92. The number of aliphatic carboxylic acids is 1. The second-order valence-corrected chi connectivity index (χ2v) is 7.01. The Morgan fingerprint density at radius 1 is 1.12 bits per heavy atom. The molecular weight excluding hydrogens is 320 g/mol. The maximum Gasteiger partial charge on any atom is 0.308 e. The van der Waals surface area contributed by atoms with Crippen LogP contribution in [0.25, 0.3) is 0 Å². The summed E-state index contributed by atoms with van der Waals surface area (Å²) in [6.07, 6.45) is 2.66.